The first-order chi connectivity index (χ1) is 10.9. The molecule has 1 aromatic heterocycles. The van der Waals surface area contributed by atoms with E-state index in [0.717, 1.165) is 12.0 Å². The van der Waals surface area contributed by atoms with Crippen LogP contribution in [0, 0.1) is 0 Å². The van der Waals surface area contributed by atoms with Gasteiger partial charge in [0, 0.05) is 5.56 Å². The lowest BCUT2D eigenvalue weighted by atomic mass is 10.00. The smallest absolute Gasteiger partial charge is 0.215 e. The quantitative estimate of drug-likeness (QED) is 0.745. The summed E-state index contributed by atoms with van der Waals surface area (Å²) in [5.74, 6) is -0.796. The van der Waals surface area contributed by atoms with Gasteiger partial charge in [0.25, 0.3) is 0 Å². The molecular formula is C17H17N3O2. The largest absolute Gasteiger partial charge is 0.344 e. The molecule has 5 nitrogen and oxygen atoms in total. The van der Waals surface area contributed by atoms with Crippen LogP contribution < -0.4 is 0 Å². The van der Waals surface area contributed by atoms with Crippen LogP contribution in [0.25, 0.3) is 10.8 Å². The summed E-state index contributed by atoms with van der Waals surface area (Å²) in [6.07, 6.45) is 4.12. The highest BCUT2D eigenvalue weighted by Crippen LogP contribution is 2.34. The standard InChI is InChI=1S/C17H17N3O2/c1-2-5-15-10-16(7-6-14(15)4-1)17(21-8-3-9-22-17)11-20-13-18-12-19-20/h1-2,4-7,10,12-13H,3,8-9,11H2. The fourth-order valence-electron chi connectivity index (χ4n) is 2.88. The van der Waals surface area contributed by atoms with Crippen molar-refractivity contribution in [2.75, 3.05) is 13.2 Å². The van der Waals surface area contributed by atoms with Gasteiger partial charge in [0.05, 0.1) is 13.2 Å². The third kappa shape index (κ3) is 2.38. The zero-order chi connectivity index (χ0) is 14.8. The Kier molecular flexibility index (Phi) is 3.36. The number of rotatable bonds is 3. The normalized spacial score (nSPS) is 17.6. The van der Waals surface area contributed by atoms with Gasteiger partial charge in [-0.2, -0.15) is 5.10 Å². The van der Waals surface area contributed by atoms with Crippen LogP contribution in [0.4, 0.5) is 0 Å². The number of hydrogen-bond donors (Lipinski definition) is 0. The van der Waals surface area contributed by atoms with Crippen molar-refractivity contribution in [3.05, 3.63) is 60.7 Å². The van der Waals surface area contributed by atoms with E-state index in [9.17, 15) is 0 Å². The van der Waals surface area contributed by atoms with Crippen molar-refractivity contribution in [3.63, 3.8) is 0 Å². The molecule has 2 heterocycles. The predicted octanol–water partition coefficient (Wildman–Crippen LogP) is 2.72. The fourth-order valence-corrected chi connectivity index (χ4v) is 2.88. The van der Waals surface area contributed by atoms with Gasteiger partial charge in [-0.15, -0.1) is 0 Å². The zero-order valence-electron chi connectivity index (χ0n) is 12.2. The lowest BCUT2D eigenvalue weighted by molar-refractivity contribution is -0.284. The van der Waals surface area contributed by atoms with Gasteiger partial charge in [0.15, 0.2) is 0 Å². The molecule has 1 aliphatic heterocycles. The first-order valence-corrected chi connectivity index (χ1v) is 7.45. The van der Waals surface area contributed by atoms with Crippen LogP contribution in [0.1, 0.15) is 12.0 Å². The van der Waals surface area contributed by atoms with Crippen molar-refractivity contribution in [1.29, 1.82) is 0 Å². The second kappa shape index (κ2) is 5.51. The molecule has 1 saturated heterocycles. The van der Waals surface area contributed by atoms with E-state index in [1.54, 1.807) is 11.0 Å². The van der Waals surface area contributed by atoms with E-state index in [2.05, 4.69) is 40.4 Å². The number of hydrogen-bond acceptors (Lipinski definition) is 4. The monoisotopic (exact) mass is 295 g/mol. The molecule has 0 N–H and O–H groups in total. The van der Waals surface area contributed by atoms with Gasteiger partial charge < -0.3 is 9.47 Å². The molecule has 1 aliphatic rings. The highest BCUT2D eigenvalue weighted by Gasteiger charge is 2.37. The molecule has 0 spiro atoms. The maximum atomic E-state index is 6.06. The van der Waals surface area contributed by atoms with Crippen LogP contribution in [0.15, 0.2) is 55.1 Å². The summed E-state index contributed by atoms with van der Waals surface area (Å²) in [5, 5.41) is 6.57. The highest BCUT2D eigenvalue weighted by atomic mass is 16.7. The number of nitrogens with zero attached hydrogens (tertiary/aromatic N) is 3. The number of fused-ring (bicyclic) bond motifs is 1. The van der Waals surface area contributed by atoms with E-state index >= 15 is 0 Å². The maximum absolute atomic E-state index is 6.06. The van der Waals surface area contributed by atoms with Gasteiger partial charge in [0.2, 0.25) is 5.79 Å². The Morgan fingerprint density at radius 2 is 1.86 bits per heavy atom. The van der Waals surface area contributed by atoms with Crippen LogP contribution in [0.2, 0.25) is 0 Å². The molecule has 0 radical (unpaired) electrons. The summed E-state index contributed by atoms with van der Waals surface area (Å²) in [7, 11) is 0. The Morgan fingerprint density at radius 3 is 2.64 bits per heavy atom. The van der Waals surface area contributed by atoms with Gasteiger partial charge >= 0.3 is 0 Å². The molecule has 0 saturated carbocycles. The van der Waals surface area contributed by atoms with Gasteiger partial charge in [-0.05, 0) is 23.3 Å². The van der Waals surface area contributed by atoms with Crippen molar-refractivity contribution < 1.29 is 9.47 Å². The van der Waals surface area contributed by atoms with Crippen LogP contribution in [0.3, 0.4) is 0 Å². The van der Waals surface area contributed by atoms with E-state index < -0.39 is 5.79 Å². The number of ether oxygens (including phenoxy) is 2. The van der Waals surface area contributed by atoms with E-state index in [-0.39, 0.29) is 0 Å². The zero-order valence-corrected chi connectivity index (χ0v) is 12.2. The summed E-state index contributed by atoms with van der Waals surface area (Å²) in [5.41, 5.74) is 1.02. The van der Waals surface area contributed by atoms with Crippen molar-refractivity contribution >= 4 is 10.8 Å². The molecule has 2 aromatic carbocycles. The predicted molar refractivity (Wildman–Crippen MR) is 82.2 cm³/mol. The minimum Gasteiger partial charge on any atom is -0.344 e. The van der Waals surface area contributed by atoms with Crippen LogP contribution in [-0.4, -0.2) is 28.0 Å². The minimum atomic E-state index is -0.796. The van der Waals surface area contributed by atoms with Crippen LogP contribution in [-0.2, 0) is 21.8 Å². The number of benzene rings is 2. The highest BCUT2D eigenvalue weighted by molar-refractivity contribution is 5.83. The molecule has 0 atom stereocenters. The summed E-state index contributed by atoms with van der Waals surface area (Å²) >= 11 is 0. The van der Waals surface area contributed by atoms with Crippen LogP contribution >= 0.6 is 0 Å². The molecule has 4 rings (SSSR count). The Hall–Kier alpha value is -2.24. The summed E-state index contributed by atoms with van der Waals surface area (Å²) in [4.78, 5) is 4.00. The van der Waals surface area contributed by atoms with E-state index in [0.29, 0.717) is 19.8 Å². The maximum Gasteiger partial charge on any atom is 0.215 e. The minimum absolute atomic E-state index is 0.491. The molecular weight excluding hydrogens is 278 g/mol. The van der Waals surface area contributed by atoms with Gasteiger partial charge in [0.1, 0.15) is 19.2 Å². The first kappa shape index (κ1) is 13.4. The Bertz CT molecular complexity index is 764. The van der Waals surface area contributed by atoms with E-state index in [4.69, 9.17) is 9.47 Å². The molecule has 1 fully saturated rings. The van der Waals surface area contributed by atoms with Crippen molar-refractivity contribution in [2.24, 2.45) is 0 Å². The topological polar surface area (TPSA) is 49.2 Å². The average molecular weight is 295 g/mol. The summed E-state index contributed by atoms with van der Waals surface area (Å²) in [6, 6.07) is 14.6. The molecule has 0 aliphatic carbocycles. The molecule has 5 heteroatoms. The lowest BCUT2D eigenvalue weighted by Gasteiger charge is -2.37. The lowest BCUT2D eigenvalue weighted by Crippen LogP contribution is -2.42. The van der Waals surface area contributed by atoms with Gasteiger partial charge in [-0.1, -0.05) is 36.4 Å². The fraction of sp³-hybridized carbons (Fsp3) is 0.294. The number of aromatic nitrogens is 3. The second-order valence-electron chi connectivity index (χ2n) is 5.46. The second-order valence-corrected chi connectivity index (χ2v) is 5.46. The molecule has 0 bridgehead atoms. The average Bonchev–Trinajstić information content (AvgIpc) is 3.08. The molecule has 112 valence electrons. The molecule has 22 heavy (non-hydrogen) atoms. The molecule has 0 amide bonds. The van der Waals surface area contributed by atoms with Crippen molar-refractivity contribution in [1.82, 2.24) is 14.8 Å². The molecule has 3 aromatic rings. The SMILES string of the molecule is c1ccc2cc(C3(Cn4cncn4)OCCCO3)ccc2c1. The van der Waals surface area contributed by atoms with Crippen LogP contribution in [0.5, 0.6) is 0 Å². The van der Waals surface area contributed by atoms with Crippen molar-refractivity contribution in [3.8, 4) is 0 Å². The third-order valence-electron chi connectivity index (χ3n) is 3.99. The first-order valence-electron chi connectivity index (χ1n) is 7.45. The molecule has 0 unspecified atom stereocenters. The van der Waals surface area contributed by atoms with E-state index in [1.807, 2.05) is 12.1 Å². The summed E-state index contributed by atoms with van der Waals surface area (Å²) < 4.78 is 13.9. The van der Waals surface area contributed by atoms with Crippen molar-refractivity contribution in [2.45, 2.75) is 18.8 Å². The Balaban J connectivity index is 1.78. The Morgan fingerprint density at radius 1 is 1.05 bits per heavy atom. The Labute approximate surface area is 128 Å². The van der Waals surface area contributed by atoms with Gasteiger partial charge in [-0.25, -0.2) is 9.67 Å². The summed E-state index contributed by atoms with van der Waals surface area (Å²) in [6.45, 7) is 1.86. The van der Waals surface area contributed by atoms with Gasteiger partial charge in [-0.3, -0.25) is 0 Å². The van der Waals surface area contributed by atoms with E-state index in [1.165, 1.54) is 17.1 Å². The third-order valence-corrected chi connectivity index (χ3v) is 3.99.